The monoisotopic (exact) mass is 386 g/mol. The first-order valence-corrected chi connectivity index (χ1v) is 10.2. The van der Waals surface area contributed by atoms with E-state index >= 15 is 0 Å². The summed E-state index contributed by atoms with van der Waals surface area (Å²) in [6.45, 7) is 5.90. The first-order valence-electron chi connectivity index (χ1n) is 8.85. The van der Waals surface area contributed by atoms with Crippen LogP contribution in [0.4, 0.5) is 0 Å². The summed E-state index contributed by atoms with van der Waals surface area (Å²) in [5.74, 6) is 1.03. The molecule has 0 saturated carbocycles. The maximum absolute atomic E-state index is 12.5. The van der Waals surface area contributed by atoms with E-state index in [1.165, 1.54) is 15.8 Å². The van der Waals surface area contributed by atoms with Crippen LogP contribution in [0.2, 0.25) is 5.02 Å². The fourth-order valence-corrected chi connectivity index (χ4v) is 4.19. The van der Waals surface area contributed by atoms with Crippen molar-refractivity contribution in [2.24, 2.45) is 0 Å². The second-order valence-corrected chi connectivity index (χ2v) is 7.57. The maximum atomic E-state index is 12.5. The number of halogens is 1. The topological polar surface area (TPSA) is 25.2 Å². The van der Waals surface area contributed by atoms with Crippen molar-refractivity contribution in [3.8, 4) is 0 Å². The number of para-hydroxylation sites is 1. The summed E-state index contributed by atoms with van der Waals surface area (Å²) in [7, 11) is 0. The van der Waals surface area contributed by atoms with Crippen LogP contribution in [0.1, 0.15) is 19.4 Å². The summed E-state index contributed by atoms with van der Waals surface area (Å²) in [4.78, 5) is 15.6. The molecule has 1 heterocycles. The molecule has 0 saturated heterocycles. The summed E-state index contributed by atoms with van der Waals surface area (Å²) in [6, 6.07) is 16.2. The minimum atomic E-state index is 0.157. The van der Waals surface area contributed by atoms with Gasteiger partial charge in [-0.3, -0.25) is 4.79 Å². The molecular weight excluding hydrogens is 364 g/mol. The second kappa shape index (κ2) is 8.65. The minimum Gasteiger partial charge on any atom is -0.342 e. The van der Waals surface area contributed by atoms with Crippen molar-refractivity contribution < 1.29 is 4.79 Å². The average Bonchev–Trinajstić information content (AvgIpc) is 3.00. The van der Waals surface area contributed by atoms with E-state index in [1.54, 1.807) is 11.8 Å². The van der Waals surface area contributed by atoms with Crippen LogP contribution >= 0.6 is 23.4 Å². The van der Waals surface area contributed by atoms with E-state index in [0.717, 1.165) is 29.4 Å². The highest BCUT2D eigenvalue weighted by Gasteiger charge is 2.14. The van der Waals surface area contributed by atoms with Gasteiger partial charge in [0.05, 0.1) is 0 Å². The molecule has 2 aromatic carbocycles. The van der Waals surface area contributed by atoms with Gasteiger partial charge in [0.15, 0.2) is 0 Å². The number of carbonyl (C=O) groups excluding carboxylic acids is 1. The number of carbonyl (C=O) groups is 1. The van der Waals surface area contributed by atoms with E-state index in [9.17, 15) is 4.79 Å². The molecular formula is C21H23ClN2OS. The maximum Gasteiger partial charge on any atom is 0.242 e. The highest BCUT2D eigenvalue weighted by atomic mass is 35.5. The molecule has 0 aliphatic carbocycles. The minimum absolute atomic E-state index is 0.157. The van der Waals surface area contributed by atoms with E-state index in [0.29, 0.717) is 6.54 Å². The number of hydrogen-bond acceptors (Lipinski definition) is 2. The zero-order valence-electron chi connectivity index (χ0n) is 15.1. The molecule has 3 rings (SSSR count). The van der Waals surface area contributed by atoms with Crippen molar-refractivity contribution in [1.82, 2.24) is 9.47 Å². The lowest BCUT2D eigenvalue weighted by atomic mass is 10.2. The molecule has 0 N–H and O–H groups in total. The highest BCUT2D eigenvalue weighted by Crippen LogP contribution is 2.32. The number of fused-ring (bicyclic) bond motifs is 1. The Kier molecular flexibility index (Phi) is 6.28. The van der Waals surface area contributed by atoms with Gasteiger partial charge in [-0.2, -0.15) is 0 Å². The van der Waals surface area contributed by atoms with E-state index in [-0.39, 0.29) is 5.91 Å². The predicted octanol–water partition coefficient (Wildman–Crippen LogP) is 5.46. The molecule has 0 aliphatic rings. The van der Waals surface area contributed by atoms with Crippen molar-refractivity contribution in [2.75, 3.05) is 13.1 Å². The normalized spacial score (nSPS) is 11.0. The lowest BCUT2D eigenvalue weighted by Gasteiger charge is -2.19. The SMILES string of the molecule is CCN(CC)C(=O)Cn1cc(SCc2ccc(Cl)cc2)c2ccccc21. The Morgan fingerprint density at radius 1 is 1.08 bits per heavy atom. The van der Waals surface area contributed by atoms with Crippen LogP contribution in [0.5, 0.6) is 0 Å². The lowest BCUT2D eigenvalue weighted by Crippen LogP contribution is -2.33. The average molecular weight is 387 g/mol. The Labute approximate surface area is 163 Å². The summed E-state index contributed by atoms with van der Waals surface area (Å²) in [5, 5.41) is 1.95. The molecule has 1 aromatic heterocycles. The van der Waals surface area contributed by atoms with Gasteiger partial charge in [0.2, 0.25) is 5.91 Å². The Morgan fingerprint density at radius 3 is 2.46 bits per heavy atom. The van der Waals surface area contributed by atoms with E-state index in [2.05, 4.69) is 35.0 Å². The Bertz CT molecular complexity index is 885. The standard InChI is InChI=1S/C21H23ClN2OS/c1-3-23(4-2)21(25)14-24-13-20(18-7-5-6-8-19(18)24)26-15-16-9-11-17(22)12-10-16/h5-13H,3-4,14-15H2,1-2H3. The van der Waals surface area contributed by atoms with E-state index in [4.69, 9.17) is 11.6 Å². The number of likely N-dealkylation sites (N-methyl/N-ethyl adjacent to an activating group) is 1. The molecule has 0 aliphatic heterocycles. The van der Waals surface area contributed by atoms with Crippen LogP contribution in [-0.2, 0) is 17.1 Å². The molecule has 0 unspecified atom stereocenters. The summed E-state index contributed by atoms with van der Waals surface area (Å²) < 4.78 is 2.07. The van der Waals surface area contributed by atoms with Gasteiger partial charge < -0.3 is 9.47 Å². The van der Waals surface area contributed by atoms with Gasteiger partial charge >= 0.3 is 0 Å². The van der Waals surface area contributed by atoms with Crippen molar-refractivity contribution in [3.63, 3.8) is 0 Å². The van der Waals surface area contributed by atoms with Crippen LogP contribution in [0.25, 0.3) is 10.9 Å². The summed E-state index contributed by atoms with van der Waals surface area (Å²) >= 11 is 7.75. The quantitative estimate of drug-likeness (QED) is 0.504. The zero-order chi connectivity index (χ0) is 18.5. The number of amides is 1. The molecule has 3 nitrogen and oxygen atoms in total. The first kappa shape index (κ1) is 18.9. The first-order chi connectivity index (χ1) is 12.6. The molecule has 0 bridgehead atoms. The van der Waals surface area contributed by atoms with Crippen LogP contribution in [0.3, 0.4) is 0 Å². The van der Waals surface area contributed by atoms with Gasteiger partial charge in [-0.05, 0) is 37.6 Å². The smallest absolute Gasteiger partial charge is 0.242 e. The third kappa shape index (κ3) is 4.25. The van der Waals surface area contributed by atoms with Crippen molar-refractivity contribution in [2.45, 2.75) is 31.0 Å². The lowest BCUT2D eigenvalue weighted by molar-refractivity contribution is -0.131. The van der Waals surface area contributed by atoms with Crippen molar-refractivity contribution in [1.29, 1.82) is 0 Å². The highest BCUT2D eigenvalue weighted by molar-refractivity contribution is 7.98. The van der Waals surface area contributed by atoms with Gasteiger partial charge in [-0.1, -0.05) is 41.9 Å². The van der Waals surface area contributed by atoms with Crippen molar-refractivity contribution in [3.05, 3.63) is 65.3 Å². The fraction of sp³-hybridized carbons (Fsp3) is 0.286. The molecule has 0 atom stereocenters. The van der Waals surface area contributed by atoms with Crippen LogP contribution in [0.15, 0.2) is 59.6 Å². The number of hydrogen-bond donors (Lipinski definition) is 0. The van der Waals surface area contributed by atoms with Gasteiger partial charge in [0.25, 0.3) is 0 Å². The van der Waals surface area contributed by atoms with Crippen molar-refractivity contribution >= 4 is 40.2 Å². The number of aromatic nitrogens is 1. The number of nitrogens with zero attached hydrogens (tertiary/aromatic N) is 2. The Morgan fingerprint density at radius 2 is 1.77 bits per heavy atom. The summed E-state index contributed by atoms with van der Waals surface area (Å²) in [5.41, 5.74) is 2.34. The number of thioether (sulfide) groups is 1. The molecule has 26 heavy (non-hydrogen) atoms. The molecule has 5 heteroatoms. The molecule has 0 spiro atoms. The third-order valence-electron chi connectivity index (χ3n) is 4.48. The van der Waals surface area contributed by atoms with E-state index in [1.807, 2.05) is 43.0 Å². The Balaban J connectivity index is 1.82. The van der Waals surface area contributed by atoms with Crippen LogP contribution in [0, 0.1) is 0 Å². The summed E-state index contributed by atoms with van der Waals surface area (Å²) in [6.07, 6.45) is 2.10. The van der Waals surface area contributed by atoms with Gasteiger partial charge in [0, 0.05) is 45.9 Å². The number of benzene rings is 2. The van der Waals surface area contributed by atoms with Gasteiger partial charge in [-0.15, -0.1) is 11.8 Å². The number of rotatable bonds is 7. The second-order valence-electron chi connectivity index (χ2n) is 6.12. The molecule has 3 aromatic rings. The third-order valence-corrected chi connectivity index (χ3v) is 5.85. The van der Waals surface area contributed by atoms with Crippen LogP contribution < -0.4 is 0 Å². The van der Waals surface area contributed by atoms with Gasteiger partial charge in [0.1, 0.15) is 6.54 Å². The Hall–Kier alpha value is -1.91. The van der Waals surface area contributed by atoms with Crippen LogP contribution in [-0.4, -0.2) is 28.5 Å². The molecule has 0 fully saturated rings. The largest absolute Gasteiger partial charge is 0.342 e. The molecule has 0 radical (unpaired) electrons. The fourth-order valence-electron chi connectivity index (χ4n) is 3.02. The molecule has 1 amide bonds. The van der Waals surface area contributed by atoms with Gasteiger partial charge in [-0.25, -0.2) is 0 Å². The molecule has 136 valence electrons. The predicted molar refractivity (Wildman–Crippen MR) is 111 cm³/mol. The van der Waals surface area contributed by atoms with E-state index < -0.39 is 0 Å². The zero-order valence-corrected chi connectivity index (χ0v) is 16.7.